The Kier molecular flexibility index (Phi) is 6.75. The maximum absolute atomic E-state index is 13.0. The molecule has 8 heteroatoms. The average Bonchev–Trinajstić information content (AvgIpc) is 3.19. The summed E-state index contributed by atoms with van der Waals surface area (Å²) in [6.07, 6.45) is 4.01. The molecule has 0 bridgehead atoms. The molecule has 1 aliphatic heterocycles. The lowest BCUT2D eigenvalue weighted by Gasteiger charge is -2.34. The number of piperidine rings is 1. The molecule has 1 aromatic carbocycles. The zero-order chi connectivity index (χ0) is 19.1. The van der Waals surface area contributed by atoms with E-state index in [0.29, 0.717) is 18.3 Å². The van der Waals surface area contributed by atoms with E-state index >= 15 is 0 Å². The highest BCUT2D eigenvalue weighted by atomic mass is 16.2. The Labute approximate surface area is 160 Å². The van der Waals surface area contributed by atoms with Crippen LogP contribution < -0.4 is 10.6 Å². The van der Waals surface area contributed by atoms with Crippen molar-refractivity contribution in [1.29, 1.82) is 0 Å². The van der Waals surface area contributed by atoms with Gasteiger partial charge in [-0.25, -0.2) is 0 Å². The fraction of sp³-hybridized carbons (Fsp3) is 0.579. The van der Waals surface area contributed by atoms with Gasteiger partial charge in [-0.2, -0.15) is 4.68 Å². The monoisotopic (exact) mass is 371 g/mol. The van der Waals surface area contributed by atoms with E-state index in [4.69, 9.17) is 0 Å². The minimum Gasteiger partial charge on any atom is -0.341 e. The molecular formula is C19H29N7O. The third-order valence-electron chi connectivity index (χ3n) is 5.21. The second-order valence-electron chi connectivity index (χ2n) is 7.02. The van der Waals surface area contributed by atoms with Crippen molar-refractivity contribution in [3.05, 3.63) is 30.3 Å². The molecular weight excluding hydrogens is 342 g/mol. The van der Waals surface area contributed by atoms with E-state index < -0.39 is 0 Å². The Hall–Kier alpha value is -2.48. The Bertz CT molecular complexity index is 710. The molecule has 146 valence electrons. The molecule has 1 amide bonds. The number of carbonyl (C=O) groups is 1. The van der Waals surface area contributed by atoms with Crippen molar-refractivity contribution in [1.82, 2.24) is 30.4 Å². The Morgan fingerprint density at radius 1 is 1.26 bits per heavy atom. The minimum absolute atomic E-state index is 0.132. The van der Waals surface area contributed by atoms with Gasteiger partial charge in [-0.1, -0.05) is 30.2 Å². The molecule has 2 aromatic rings. The van der Waals surface area contributed by atoms with Crippen molar-refractivity contribution >= 4 is 11.9 Å². The molecule has 1 aromatic heterocycles. The van der Waals surface area contributed by atoms with Crippen LogP contribution in [0.15, 0.2) is 30.3 Å². The topological polar surface area (TPSA) is 88.0 Å². The van der Waals surface area contributed by atoms with Crippen LogP contribution in [0.4, 0.5) is 5.95 Å². The highest BCUT2D eigenvalue weighted by Gasteiger charge is 2.28. The average molecular weight is 371 g/mol. The third-order valence-corrected chi connectivity index (χ3v) is 5.21. The smallest absolute Gasteiger partial charge is 0.248 e. The second-order valence-corrected chi connectivity index (χ2v) is 7.02. The molecule has 27 heavy (non-hydrogen) atoms. The number of anilines is 1. The maximum Gasteiger partial charge on any atom is 0.248 e. The number of rotatable bonds is 8. The van der Waals surface area contributed by atoms with E-state index in [-0.39, 0.29) is 11.9 Å². The van der Waals surface area contributed by atoms with Gasteiger partial charge < -0.3 is 15.5 Å². The lowest BCUT2D eigenvalue weighted by molar-refractivity contribution is -0.133. The SMILES string of the molecule is CCC(Nc1nnnn1-c1ccccc1)C(=O)N1CCC(CCNC)CC1. The van der Waals surface area contributed by atoms with Crippen LogP contribution in [-0.2, 0) is 4.79 Å². The van der Waals surface area contributed by atoms with Crippen LogP contribution in [0.3, 0.4) is 0 Å². The molecule has 0 radical (unpaired) electrons. The predicted octanol–water partition coefficient (Wildman–Crippen LogP) is 1.70. The summed E-state index contributed by atoms with van der Waals surface area (Å²) in [5, 5.41) is 18.3. The summed E-state index contributed by atoms with van der Waals surface area (Å²) < 4.78 is 1.62. The van der Waals surface area contributed by atoms with Crippen molar-refractivity contribution in [3.8, 4) is 5.69 Å². The standard InChI is InChI=1S/C19H29N7O/c1-3-17(18(27)25-13-10-15(11-14-25)9-12-20-2)21-19-22-23-24-26(19)16-7-5-4-6-8-16/h4-8,15,17,20H,3,9-14H2,1-2H3,(H,21,22,24). The van der Waals surface area contributed by atoms with Crippen molar-refractivity contribution in [2.45, 2.75) is 38.6 Å². The Morgan fingerprint density at radius 3 is 2.67 bits per heavy atom. The van der Waals surface area contributed by atoms with Gasteiger partial charge in [-0.3, -0.25) is 4.79 Å². The number of nitrogens with zero attached hydrogens (tertiary/aromatic N) is 5. The van der Waals surface area contributed by atoms with Gasteiger partial charge in [0.1, 0.15) is 6.04 Å². The fourth-order valence-corrected chi connectivity index (χ4v) is 3.53. The van der Waals surface area contributed by atoms with Crippen molar-refractivity contribution in [2.24, 2.45) is 5.92 Å². The molecule has 8 nitrogen and oxygen atoms in total. The molecule has 0 aliphatic carbocycles. The summed E-state index contributed by atoms with van der Waals surface area (Å²) in [5.74, 6) is 1.33. The first kappa shape index (κ1) is 19.3. The van der Waals surface area contributed by atoms with Crippen molar-refractivity contribution in [3.63, 3.8) is 0 Å². The van der Waals surface area contributed by atoms with Gasteiger partial charge in [-0.05, 0) is 67.8 Å². The molecule has 2 N–H and O–H groups in total. The molecule has 1 saturated heterocycles. The first-order valence-electron chi connectivity index (χ1n) is 9.76. The van der Waals surface area contributed by atoms with E-state index in [1.165, 1.54) is 6.42 Å². The van der Waals surface area contributed by atoms with Gasteiger partial charge >= 0.3 is 0 Å². The molecule has 2 heterocycles. The van der Waals surface area contributed by atoms with Crippen LogP contribution in [0.1, 0.15) is 32.6 Å². The Balaban J connectivity index is 1.62. The van der Waals surface area contributed by atoms with Crippen LogP contribution in [-0.4, -0.2) is 63.7 Å². The van der Waals surface area contributed by atoms with Gasteiger partial charge in [-0.15, -0.1) is 0 Å². The normalized spacial score (nSPS) is 16.3. The number of hydrogen-bond acceptors (Lipinski definition) is 6. The highest BCUT2D eigenvalue weighted by molar-refractivity contribution is 5.84. The van der Waals surface area contributed by atoms with E-state index in [1.54, 1.807) is 4.68 Å². The second kappa shape index (κ2) is 9.45. The van der Waals surface area contributed by atoms with Crippen LogP contribution in [0.2, 0.25) is 0 Å². The quantitative estimate of drug-likeness (QED) is 0.734. The first-order chi connectivity index (χ1) is 13.2. The van der Waals surface area contributed by atoms with Crippen LogP contribution >= 0.6 is 0 Å². The molecule has 0 spiro atoms. The third kappa shape index (κ3) is 4.82. The molecule has 1 aliphatic rings. The van der Waals surface area contributed by atoms with E-state index in [1.807, 2.05) is 49.2 Å². The number of likely N-dealkylation sites (tertiary alicyclic amines) is 1. The molecule has 1 fully saturated rings. The number of nitrogens with one attached hydrogen (secondary N) is 2. The van der Waals surface area contributed by atoms with Gasteiger partial charge in [0.15, 0.2) is 0 Å². The molecule has 3 rings (SSSR count). The number of benzene rings is 1. The van der Waals surface area contributed by atoms with Gasteiger partial charge in [0.05, 0.1) is 5.69 Å². The summed E-state index contributed by atoms with van der Waals surface area (Å²) in [5.41, 5.74) is 0.859. The first-order valence-corrected chi connectivity index (χ1v) is 9.76. The highest BCUT2D eigenvalue weighted by Crippen LogP contribution is 2.21. The van der Waals surface area contributed by atoms with Gasteiger partial charge in [0, 0.05) is 13.1 Å². The number of hydrogen-bond donors (Lipinski definition) is 2. The van der Waals surface area contributed by atoms with Crippen LogP contribution in [0.5, 0.6) is 0 Å². The number of carbonyl (C=O) groups excluding carboxylic acids is 1. The summed E-state index contributed by atoms with van der Waals surface area (Å²) in [6.45, 7) is 4.70. The zero-order valence-electron chi connectivity index (χ0n) is 16.1. The minimum atomic E-state index is -0.327. The lowest BCUT2D eigenvalue weighted by Crippen LogP contribution is -2.46. The lowest BCUT2D eigenvalue weighted by atomic mass is 9.93. The Morgan fingerprint density at radius 2 is 2.00 bits per heavy atom. The molecule has 1 unspecified atom stereocenters. The number of tetrazole rings is 1. The predicted molar refractivity (Wildman–Crippen MR) is 105 cm³/mol. The zero-order valence-corrected chi connectivity index (χ0v) is 16.1. The maximum atomic E-state index is 13.0. The number of amides is 1. The molecule has 0 saturated carbocycles. The van der Waals surface area contributed by atoms with Crippen molar-refractivity contribution in [2.75, 3.05) is 32.0 Å². The fourth-order valence-electron chi connectivity index (χ4n) is 3.53. The van der Waals surface area contributed by atoms with Gasteiger partial charge in [0.2, 0.25) is 11.9 Å². The van der Waals surface area contributed by atoms with E-state index in [2.05, 4.69) is 26.2 Å². The van der Waals surface area contributed by atoms with E-state index in [9.17, 15) is 4.79 Å². The van der Waals surface area contributed by atoms with Gasteiger partial charge in [0.25, 0.3) is 0 Å². The van der Waals surface area contributed by atoms with Crippen molar-refractivity contribution < 1.29 is 4.79 Å². The van der Waals surface area contributed by atoms with Crippen LogP contribution in [0.25, 0.3) is 5.69 Å². The molecule has 1 atom stereocenters. The van der Waals surface area contributed by atoms with Crippen LogP contribution in [0, 0.1) is 5.92 Å². The summed E-state index contributed by atoms with van der Waals surface area (Å²) >= 11 is 0. The van der Waals surface area contributed by atoms with E-state index in [0.717, 1.165) is 38.2 Å². The number of aromatic nitrogens is 4. The summed E-state index contributed by atoms with van der Waals surface area (Å²) in [4.78, 5) is 15.0. The summed E-state index contributed by atoms with van der Waals surface area (Å²) in [7, 11) is 1.99. The largest absolute Gasteiger partial charge is 0.341 e. The number of para-hydroxylation sites is 1. The summed E-state index contributed by atoms with van der Waals surface area (Å²) in [6, 6.07) is 9.34.